The number of ether oxygens (including phenoxy) is 1. The van der Waals surface area contributed by atoms with Crippen molar-refractivity contribution in [2.24, 2.45) is 5.92 Å². The number of benzene rings is 1. The Kier molecular flexibility index (Phi) is 3.96. The van der Waals surface area contributed by atoms with E-state index in [1.54, 1.807) is 13.2 Å². The van der Waals surface area contributed by atoms with Crippen LogP contribution < -0.4 is 15.6 Å². The van der Waals surface area contributed by atoms with Crippen molar-refractivity contribution in [2.45, 2.75) is 18.9 Å². The molecule has 1 aliphatic rings. The molecule has 0 aliphatic heterocycles. The lowest BCUT2D eigenvalue weighted by Gasteiger charge is -2.19. The van der Waals surface area contributed by atoms with Crippen LogP contribution in [0.1, 0.15) is 34.8 Å². The van der Waals surface area contributed by atoms with Crippen LogP contribution in [0.3, 0.4) is 0 Å². The minimum atomic E-state index is -0.371. The molecule has 1 heterocycles. The van der Waals surface area contributed by atoms with Crippen LogP contribution >= 0.6 is 0 Å². The van der Waals surface area contributed by atoms with E-state index in [9.17, 15) is 9.59 Å². The van der Waals surface area contributed by atoms with Gasteiger partial charge in [-0.15, -0.1) is 0 Å². The molecule has 1 atom stereocenters. The van der Waals surface area contributed by atoms with E-state index in [-0.39, 0.29) is 23.1 Å². The van der Waals surface area contributed by atoms with Crippen LogP contribution in [-0.4, -0.2) is 18.0 Å². The second-order valence-corrected chi connectivity index (χ2v) is 5.47. The van der Waals surface area contributed by atoms with Crippen LogP contribution in [0.2, 0.25) is 0 Å². The molecule has 1 aromatic heterocycles. The number of hydrogen-bond acceptors (Lipinski definition) is 3. The Morgan fingerprint density at radius 1 is 1.27 bits per heavy atom. The predicted octanol–water partition coefficient (Wildman–Crippen LogP) is 2.26. The molecule has 0 radical (unpaired) electrons. The summed E-state index contributed by atoms with van der Waals surface area (Å²) < 4.78 is 5.16. The summed E-state index contributed by atoms with van der Waals surface area (Å²) in [6, 6.07) is 10.8. The maximum absolute atomic E-state index is 12.3. The summed E-state index contributed by atoms with van der Waals surface area (Å²) in [5.41, 5.74) is 0.801. The van der Waals surface area contributed by atoms with E-state index in [2.05, 4.69) is 10.3 Å². The van der Waals surface area contributed by atoms with Gasteiger partial charge in [-0.25, -0.2) is 0 Å². The normalized spacial score (nSPS) is 15.1. The maximum Gasteiger partial charge on any atom is 0.260 e. The van der Waals surface area contributed by atoms with E-state index in [0.29, 0.717) is 5.92 Å². The van der Waals surface area contributed by atoms with E-state index in [4.69, 9.17) is 4.74 Å². The van der Waals surface area contributed by atoms with Crippen molar-refractivity contribution in [1.82, 2.24) is 10.3 Å². The molecule has 0 saturated heterocycles. The average Bonchev–Trinajstić information content (AvgIpc) is 3.38. The predicted molar refractivity (Wildman–Crippen MR) is 83.0 cm³/mol. The number of aromatic amines is 1. The van der Waals surface area contributed by atoms with Gasteiger partial charge in [-0.1, -0.05) is 12.1 Å². The van der Waals surface area contributed by atoms with Gasteiger partial charge in [0.25, 0.3) is 11.5 Å². The van der Waals surface area contributed by atoms with Crippen molar-refractivity contribution in [2.75, 3.05) is 7.11 Å². The third-order valence-corrected chi connectivity index (χ3v) is 3.92. The third-order valence-electron chi connectivity index (χ3n) is 3.92. The zero-order valence-corrected chi connectivity index (χ0v) is 12.3. The van der Waals surface area contributed by atoms with Crippen molar-refractivity contribution >= 4 is 5.91 Å². The number of rotatable bonds is 5. The minimum absolute atomic E-state index is 0.0713. The fourth-order valence-electron chi connectivity index (χ4n) is 2.53. The first kappa shape index (κ1) is 14.4. The standard InChI is InChI=1S/C17H18N2O3/c1-22-13-8-6-12(7-9-13)15(11-4-5-11)19-17(21)14-3-2-10-18-16(14)20/h2-3,6-11,15H,4-5H2,1H3,(H,18,20)(H,19,21)/t15-/m0/s1. The summed E-state index contributed by atoms with van der Waals surface area (Å²) in [6.07, 6.45) is 3.69. The molecule has 1 amide bonds. The monoisotopic (exact) mass is 298 g/mol. The van der Waals surface area contributed by atoms with Gasteiger partial charge in [-0.05, 0) is 48.6 Å². The first-order valence-electron chi connectivity index (χ1n) is 7.31. The smallest absolute Gasteiger partial charge is 0.260 e. The fourth-order valence-corrected chi connectivity index (χ4v) is 2.53. The van der Waals surface area contributed by atoms with E-state index in [1.807, 2.05) is 24.3 Å². The van der Waals surface area contributed by atoms with Gasteiger partial charge < -0.3 is 15.0 Å². The second-order valence-electron chi connectivity index (χ2n) is 5.47. The van der Waals surface area contributed by atoms with Crippen LogP contribution in [0, 0.1) is 5.92 Å². The van der Waals surface area contributed by atoms with Gasteiger partial charge in [-0.2, -0.15) is 0 Å². The highest BCUT2D eigenvalue weighted by Gasteiger charge is 2.33. The van der Waals surface area contributed by atoms with Crippen LogP contribution in [0.25, 0.3) is 0 Å². The summed E-state index contributed by atoms with van der Waals surface area (Å²) >= 11 is 0. The first-order valence-corrected chi connectivity index (χ1v) is 7.31. The molecule has 5 heteroatoms. The number of H-pyrrole nitrogens is 1. The number of amides is 1. The Balaban J connectivity index is 1.81. The first-order chi connectivity index (χ1) is 10.7. The molecule has 1 aliphatic carbocycles. The molecule has 0 unspecified atom stereocenters. The van der Waals surface area contributed by atoms with Crippen LogP contribution in [0.5, 0.6) is 5.75 Å². The van der Waals surface area contributed by atoms with Gasteiger partial charge in [0.1, 0.15) is 11.3 Å². The van der Waals surface area contributed by atoms with Crippen molar-refractivity contribution in [3.63, 3.8) is 0 Å². The number of aromatic nitrogens is 1. The van der Waals surface area contributed by atoms with Gasteiger partial charge in [0, 0.05) is 6.20 Å². The van der Waals surface area contributed by atoms with Crippen LogP contribution in [0.15, 0.2) is 47.4 Å². The van der Waals surface area contributed by atoms with Gasteiger partial charge >= 0.3 is 0 Å². The van der Waals surface area contributed by atoms with Crippen LogP contribution in [-0.2, 0) is 0 Å². The number of methoxy groups -OCH3 is 1. The molecule has 22 heavy (non-hydrogen) atoms. The zero-order valence-electron chi connectivity index (χ0n) is 12.3. The Labute approximate surface area is 128 Å². The van der Waals surface area contributed by atoms with Crippen molar-refractivity contribution in [1.29, 1.82) is 0 Å². The number of pyridine rings is 1. The quantitative estimate of drug-likeness (QED) is 0.889. The zero-order chi connectivity index (χ0) is 15.5. The van der Waals surface area contributed by atoms with Gasteiger partial charge in [-0.3, -0.25) is 9.59 Å². The molecule has 114 valence electrons. The molecule has 0 spiro atoms. The molecule has 2 aromatic rings. The molecular weight excluding hydrogens is 280 g/mol. The lowest BCUT2D eigenvalue weighted by Crippen LogP contribution is -2.33. The Hall–Kier alpha value is -2.56. The highest BCUT2D eigenvalue weighted by atomic mass is 16.5. The highest BCUT2D eigenvalue weighted by Crippen LogP contribution is 2.41. The number of carbonyl (C=O) groups excluding carboxylic acids is 1. The Morgan fingerprint density at radius 3 is 2.59 bits per heavy atom. The Bertz CT molecular complexity index is 717. The van der Waals surface area contributed by atoms with Crippen molar-refractivity contribution < 1.29 is 9.53 Å². The van der Waals surface area contributed by atoms with E-state index < -0.39 is 0 Å². The van der Waals surface area contributed by atoms with E-state index in [0.717, 1.165) is 24.2 Å². The SMILES string of the molecule is COc1ccc([C@@H](NC(=O)c2ccc[nH]c2=O)C2CC2)cc1. The molecule has 0 bridgehead atoms. The van der Waals surface area contributed by atoms with Gasteiger partial charge in [0.2, 0.25) is 0 Å². The van der Waals surface area contributed by atoms with E-state index >= 15 is 0 Å². The molecule has 2 N–H and O–H groups in total. The third kappa shape index (κ3) is 3.03. The number of carbonyl (C=O) groups is 1. The molecule has 1 fully saturated rings. The van der Waals surface area contributed by atoms with Crippen molar-refractivity contribution in [3.05, 3.63) is 64.1 Å². The van der Waals surface area contributed by atoms with Crippen LogP contribution in [0.4, 0.5) is 0 Å². The topological polar surface area (TPSA) is 71.2 Å². The summed E-state index contributed by atoms with van der Waals surface area (Å²) in [7, 11) is 1.62. The summed E-state index contributed by atoms with van der Waals surface area (Å²) in [5.74, 6) is 0.874. The molecule has 5 nitrogen and oxygen atoms in total. The van der Waals surface area contributed by atoms with Crippen molar-refractivity contribution in [3.8, 4) is 5.75 Å². The summed E-state index contributed by atoms with van der Waals surface area (Å²) in [4.78, 5) is 26.6. The van der Waals surface area contributed by atoms with E-state index in [1.165, 1.54) is 12.3 Å². The average molecular weight is 298 g/mol. The van der Waals surface area contributed by atoms with Gasteiger partial charge in [0.15, 0.2) is 0 Å². The van der Waals surface area contributed by atoms with Gasteiger partial charge in [0.05, 0.1) is 13.2 Å². The Morgan fingerprint density at radius 2 is 2.00 bits per heavy atom. The minimum Gasteiger partial charge on any atom is -0.497 e. The molecule has 1 aromatic carbocycles. The lowest BCUT2D eigenvalue weighted by atomic mass is 10.0. The molecule has 1 saturated carbocycles. The largest absolute Gasteiger partial charge is 0.497 e. The number of hydrogen-bond donors (Lipinski definition) is 2. The molecule has 3 rings (SSSR count). The lowest BCUT2D eigenvalue weighted by molar-refractivity contribution is 0.0930. The maximum atomic E-state index is 12.3. The summed E-state index contributed by atoms with van der Waals surface area (Å²) in [5, 5.41) is 2.99. The number of nitrogens with one attached hydrogen (secondary N) is 2. The summed E-state index contributed by atoms with van der Waals surface area (Å²) in [6.45, 7) is 0. The molecular formula is C17H18N2O3. The second kappa shape index (κ2) is 6.05. The fraction of sp³-hybridized carbons (Fsp3) is 0.294. The highest BCUT2D eigenvalue weighted by molar-refractivity contribution is 5.94.